The van der Waals surface area contributed by atoms with Crippen LogP contribution in [0.5, 0.6) is 0 Å². The van der Waals surface area contributed by atoms with Gasteiger partial charge in [0, 0.05) is 4.88 Å². The molecule has 0 aliphatic heterocycles. The minimum Gasteiger partial charge on any atom is -0.388 e. The van der Waals surface area contributed by atoms with Gasteiger partial charge in [0.25, 0.3) is 0 Å². The van der Waals surface area contributed by atoms with Crippen LogP contribution in [-0.2, 0) is 0 Å². The Kier molecular flexibility index (Phi) is 5.13. The maximum absolute atomic E-state index is 9.84. The van der Waals surface area contributed by atoms with Gasteiger partial charge in [-0.15, -0.1) is 11.3 Å². The standard InChI is InChI=1S/C11H17BrOS/c1-8(2)4-3-5-9(13)10-6-7-11(12)14-10/h6-9,13H,3-5H2,1-2H3. The topological polar surface area (TPSA) is 20.2 Å². The fourth-order valence-electron chi connectivity index (χ4n) is 1.37. The summed E-state index contributed by atoms with van der Waals surface area (Å²) >= 11 is 5.02. The van der Waals surface area contributed by atoms with Crippen LogP contribution in [0.2, 0.25) is 0 Å². The van der Waals surface area contributed by atoms with E-state index < -0.39 is 0 Å². The van der Waals surface area contributed by atoms with Gasteiger partial charge in [-0.3, -0.25) is 0 Å². The lowest BCUT2D eigenvalue weighted by molar-refractivity contribution is 0.165. The smallest absolute Gasteiger partial charge is 0.0882 e. The Morgan fingerprint density at radius 1 is 1.36 bits per heavy atom. The van der Waals surface area contributed by atoms with Gasteiger partial charge in [-0.05, 0) is 40.4 Å². The van der Waals surface area contributed by atoms with Gasteiger partial charge in [0.15, 0.2) is 0 Å². The van der Waals surface area contributed by atoms with Gasteiger partial charge >= 0.3 is 0 Å². The average Bonchev–Trinajstić information content (AvgIpc) is 2.51. The maximum Gasteiger partial charge on any atom is 0.0882 e. The summed E-state index contributed by atoms with van der Waals surface area (Å²) < 4.78 is 1.09. The van der Waals surface area contributed by atoms with Crippen LogP contribution in [-0.4, -0.2) is 5.11 Å². The zero-order valence-electron chi connectivity index (χ0n) is 8.66. The van der Waals surface area contributed by atoms with Crippen molar-refractivity contribution in [1.29, 1.82) is 0 Å². The molecule has 1 nitrogen and oxygen atoms in total. The largest absolute Gasteiger partial charge is 0.388 e. The van der Waals surface area contributed by atoms with Crippen molar-refractivity contribution in [3.05, 3.63) is 20.8 Å². The first-order chi connectivity index (χ1) is 6.59. The number of hydrogen-bond acceptors (Lipinski definition) is 2. The lowest BCUT2D eigenvalue weighted by Gasteiger charge is -2.09. The number of thiophene rings is 1. The predicted octanol–water partition coefficient (Wildman–Crippen LogP) is 4.37. The normalized spacial score (nSPS) is 13.5. The zero-order valence-corrected chi connectivity index (χ0v) is 11.1. The summed E-state index contributed by atoms with van der Waals surface area (Å²) in [5.41, 5.74) is 0. The number of halogens is 1. The van der Waals surface area contributed by atoms with Crippen molar-refractivity contribution in [1.82, 2.24) is 0 Å². The summed E-state index contributed by atoms with van der Waals surface area (Å²) in [7, 11) is 0. The van der Waals surface area contributed by atoms with Crippen molar-refractivity contribution < 1.29 is 5.11 Å². The quantitative estimate of drug-likeness (QED) is 0.847. The van der Waals surface area contributed by atoms with E-state index in [2.05, 4.69) is 29.8 Å². The first-order valence-corrected chi connectivity index (χ1v) is 6.64. The molecule has 0 bridgehead atoms. The molecule has 1 aromatic heterocycles. The van der Waals surface area contributed by atoms with E-state index in [4.69, 9.17) is 0 Å². The molecule has 0 radical (unpaired) electrons. The van der Waals surface area contributed by atoms with Crippen molar-refractivity contribution in [3.8, 4) is 0 Å². The summed E-state index contributed by atoms with van der Waals surface area (Å²) in [6.45, 7) is 4.43. The molecule has 1 aromatic rings. The van der Waals surface area contributed by atoms with Gasteiger partial charge in [0.1, 0.15) is 0 Å². The highest BCUT2D eigenvalue weighted by Crippen LogP contribution is 2.30. The molecule has 0 amide bonds. The molecule has 0 aliphatic carbocycles. The van der Waals surface area contributed by atoms with Gasteiger partial charge in [0.2, 0.25) is 0 Å². The van der Waals surface area contributed by atoms with E-state index in [1.807, 2.05) is 12.1 Å². The molecule has 1 unspecified atom stereocenters. The van der Waals surface area contributed by atoms with Gasteiger partial charge in [-0.2, -0.15) is 0 Å². The molecule has 0 aromatic carbocycles. The molecule has 0 spiro atoms. The summed E-state index contributed by atoms with van der Waals surface area (Å²) in [5.74, 6) is 0.734. The molecule has 1 heterocycles. The van der Waals surface area contributed by atoms with E-state index in [0.29, 0.717) is 0 Å². The van der Waals surface area contributed by atoms with Crippen LogP contribution in [0.4, 0.5) is 0 Å². The van der Waals surface area contributed by atoms with Crippen LogP contribution in [0.3, 0.4) is 0 Å². The molecule has 1 rings (SSSR count). The van der Waals surface area contributed by atoms with Gasteiger partial charge in [-0.1, -0.05) is 26.7 Å². The van der Waals surface area contributed by atoms with Crippen LogP contribution >= 0.6 is 27.3 Å². The highest BCUT2D eigenvalue weighted by molar-refractivity contribution is 9.11. The second-order valence-corrected chi connectivity index (χ2v) is 6.48. The third-order valence-electron chi connectivity index (χ3n) is 2.18. The van der Waals surface area contributed by atoms with E-state index in [0.717, 1.165) is 27.4 Å². The van der Waals surface area contributed by atoms with E-state index >= 15 is 0 Å². The molecule has 0 aliphatic rings. The molecule has 14 heavy (non-hydrogen) atoms. The number of aliphatic hydroxyl groups excluding tert-OH is 1. The van der Waals surface area contributed by atoms with E-state index in [1.165, 1.54) is 6.42 Å². The van der Waals surface area contributed by atoms with Crippen LogP contribution in [0.25, 0.3) is 0 Å². The SMILES string of the molecule is CC(C)CCCC(O)c1ccc(Br)s1. The monoisotopic (exact) mass is 276 g/mol. The van der Waals surface area contributed by atoms with E-state index in [-0.39, 0.29) is 6.10 Å². The molecule has 1 atom stereocenters. The minimum absolute atomic E-state index is 0.273. The fourth-order valence-corrected chi connectivity index (χ4v) is 2.81. The number of aliphatic hydroxyl groups is 1. The van der Waals surface area contributed by atoms with Crippen molar-refractivity contribution in [2.24, 2.45) is 5.92 Å². The second kappa shape index (κ2) is 5.89. The van der Waals surface area contributed by atoms with Gasteiger partial charge in [-0.25, -0.2) is 0 Å². The minimum atomic E-state index is -0.273. The Labute approximate surface area is 98.3 Å². The third kappa shape index (κ3) is 4.11. The molecule has 0 fully saturated rings. The Morgan fingerprint density at radius 3 is 2.57 bits per heavy atom. The maximum atomic E-state index is 9.84. The van der Waals surface area contributed by atoms with Crippen LogP contribution in [0.15, 0.2) is 15.9 Å². The Hall–Kier alpha value is 0.140. The molecule has 1 N–H and O–H groups in total. The van der Waals surface area contributed by atoms with E-state index in [1.54, 1.807) is 11.3 Å². The highest BCUT2D eigenvalue weighted by Gasteiger charge is 2.09. The highest BCUT2D eigenvalue weighted by atomic mass is 79.9. The Balaban J connectivity index is 2.32. The first-order valence-electron chi connectivity index (χ1n) is 5.03. The van der Waals surface area contributed by atoms with Crippen molar-refractivity contribution in [2.45, 2.75) is 39.2 Å². The summed E-state index contributed by atoms with van der Waals surface area (Å²) in [6, 6.07) is 3.99. The summed E-state index contributed by atoms with van der Waals surface area (Å²) in [6.07, 6.45) is 2.91. The average molecular weight is 277 g/mol. The summed E-state index contributed by atoms with van der Waals surface area (Å²) in [5, 5.41) is 9.84. The van der Waals surface area contributed by atoms with Crippen LogP contribution < -0.4 is 0 Å². The number of hydrogen-bond donors (Lipinski definition) is 1. The predicted molar refractivity (Wildman–Crippen MR) is 65.7 cm³/mol. The molecule has 0 saturated carbocycles. The molecule has 80 valence electrons. The number of rotatable bonds is 5. The van der Waals surface area contributed by atoms with Crippen molar-refractivity contribution >= 4 is 27.3 Å². The van der Waals surface area contributed by atoms with Crippen LogP contribution in [0, 0.1) is 5.92 Å². The van der Waals surface area contributed by atoms with E-state index in [9.17, 15) is 5.11 Å². The Bertz CT molecular complexity index is 270. The van der Waals surface area contributed by atoms with Gasteiger partial charge < -0.3 is 5.11 Å². The lowest BCUT2D eigenvalue weighted by Crippen LogP contribution is -1.96. The third-order valence-corrected chi connectivity index (χ3v) is 3.91. The molecule has 0 saturated heterocycles. The first kappa shape index (κ1) is 12.2. The zero-order chi connectivity index (χ0) is 10.6. The molecule has 3 heteroatoms. The molecular weight excluding hydrogens is 260 g/mol. The Morgan fingerprint density at radius 2 is 2.07 bits per heavy atom. The fraction of sp³-hybridized carbons (Fsp3) is 0.636. The van der Waals surface area contributed by atoms with Crippen molar-refractivity contribution in [2.75, 3.05) is 0 Å². The van der Waals surface area contributed by atoms with Crippen molar-refractivity contribution in [3.63, 3.8) is 0 Å². The second-order valence-electron chi connectivity index (χ2n) is 3.98. The van der Waals surface area contributed by atoms with Gasteiger partial charge in [0.05, 0.1) is 9.89 Å². The summed E-state index contributed by atoms with van der Waals surface area (Å²) in [4.78, 5) is 1.07. The molecular formula is C11H17BrOS. The van der Waals surface area contributed by atoms with Crippen LogP contribution in [0.1, 0.15) is 44.1 Å². The lowest BCUT2D eigenvalue weighted by atomic mass is 10.0.